The zero-order valence-electron chi connectivity index (χ0n) is 36.7. The number of amides is 3. The van der Waals surface area contributed by atoms with Gasteiger partial charge in [-0.3, -0.25) is 24.0 Å². The maximum atomic E-state index is 13.3. The van der Waals surface area contributed by atoms with Gasteiger partial charge in [-0.2, -0.15) is 0 Å². The minimum atomic E-state index is -1.01. The molecule has 2 saturated heterocycles. The molecule has 2 N–H and O–H groups in total. The monoisotopic (exact) mass is 859 g/mol. The van der Waals surface area contributed by atoms with Gasteiger partial charge in [0.05, 0.1) is 16.8 Å². The minimum Gasteiger partial charge on any atom is -0.487 e. The van der Waals surface area contributed by atoms with Crippen molar-refractivity contribution in [1.82, 2.24) is 25.1 Å². The molecule has 1 aromatic heterocycles. The second kappa shape index (κ2) is 20.3. The van der Waals surface area contributed by atoms with Gasteiger partial charge in [0.25, 0.3) is 11.8 Å². The molecule has 2 fully saturated rings. The number of anilines is 2. The number of aldehydes is 1. The molecule has 13 heteroatoms. The van der Waals surface area contributed by atoms with E-state index in [4.69, 9.17) is 4.74 Å². The molecule has 0 saturated carbocycles. The quantitative estimate of drug-likeness (QED) is 0.0327. The highest BCUT2D eigenvalue weighted by atomic mass is 32.2. The summed E-state index contributed by atoms with van der Waals surface area (Å²) in [5.41, 5.74) is 6.53. The average Bonchev–Trinajstić information content (AvgIpc) is 3.50. The Morgan fingerprint density at radius 1 is 0.871 bits per heavy atom. The first-order chi connectivity index (χ1) is 30.0. The number of aryl methyl sites for hydroxylation is 1. The molecule has 4 aromatic rings. The number of nitrogens with one attached hydrogen (secondary N) is 2. The van der Waals surface area contributed by atoms with E-state index in [0.29, 0.717) is 35.4 Å². The van der Waals surface area contributed by atoms with E-state index in [9.17, 15) is 19.2 Å². The van der Waals surface area contributed by atoms with Gasteiger partial charge in [-0.1, -0.05) is 94.3 Å². The predicted octanol–water partition coefficient (Wildman–Crippen LogP) is 7.86. The molecule has 4 heterocycles. The van der Waals surface area contributed by atoms with Crippen LogP contribution in [0.2, 0.25) is 0 Å². The van der Waals surface area contributed by atoms with Crippen molar-refractivity contribution in [2.75, 3.05) is 55.6 Å². The topological polar surface area (TPSA) is 137 Å². The minimum absolute atomic E-state index is 0.0867. The molecule has 3 amide bonds. The van der Waals surface area contributed by atoms with Crippen LogP contribution >= 0.6 is 11.9 Å². The molecule has 3 aliphatic rings. The largest absolute Gasteiger partial charge is 0.487 e. The summed E-state index contributed by atoms with van der Waals surface area (Å²) in [5, 5.41) is 2.52. The Hall–Kier alpha value is -5.27. The van der Waals surface area contributed by atoms with E-state index in [1.54, 1.807) is 18.3 Å². The van der Waals surface area contributed by atoms with Gasteiger partial charge in [0.15, 0.2) is 0 Å². The molecule has 3 aromatic carbocycles. The van der Waals surface area contributed by atoms with Gasteiger partial charge >= 0.3 is 0 Å². The lowest BCUT2D eigenvalue weighted by Gasteiger charge is -2.61. The fraction of sp³-hybridized carbons (Fsp3) is 0.469. The molecule has 1 spiro atoms. The number of rotatable bonds is 23. The van der Waals surface area contributed by atoms with E-state index >= 15 is 0 Å². The van der Waals surface area contributed by atoms with E-state index in [1.165, 1.54) is 80.6 Å². The van der Waals surface area contributed by atoms with Crippen molar-refractivity contribution in [1.29, 1.82) is 0 Å². The highest BCUT2D eigenvalue weighted by Crippen LogP contribution is 2.43. The van der Waals surface area contributed by atoms with Gasteiger partial charge in [-0.15, -0.1) is 0 Å². The van der Waals surface area contributed by atoms with Gasteiger partial charge in [0, 0.05) is 68.6 Å². The third-order valence-electron chi connectivity index (χ3n) is 12.8. The number of nitrogens with zero attached hydrogens (tertiary/aromatic N) is 5. The van der Waals surface area contributed by atoms with E-state index in [1.807, 2.05) is 30.5 Å². The number of carbonyl (C=O) groups excluding carboxylic acids is 4. The van der Waals surface area contributed by atoms with Crippen LogP contribution in [0.1, 0.15) is 115 Å². The Bertz CT molecular complexity index is 2180. The zero-order chi connectivity index (χ0) is 43.7. The summed E-state index contributed by atoms with van der Waals surface area (Å²) in [6, 6.07) is 23.8. The standard InChI is InChI=1S/C49H61N7O5S/c1-48(2,37-19-22-40(23-20-37)61-30-38-25-26-51-47(52-38)53-62-4)36-17-15-35(16-18-36)13-10-8-6-5-7-9-11-27-54-31-49(32-54)33-55(34-49)39-21-24-41-42(29-39)46(60)56(45(41)59)43(14-12-28-57)44(58)50-3/h15-26,28-29,43H,5-14,27,30-34H2,1-4H3,(H,50,58)(H,51,52,53). The van der Waals surface area contributed by atoms with E-state index in [0.717, 1.165) is 61.2 Å². The highest BCUT2D eigenvalue weighted by Gasteiger charge is 2.52. The SMILES string of the molecule is CNC(=O)C(CCC=O)N1C(=O)c2ccc(N3CC4(CN(CCCCCCCCCc5ccc(C(C)(C)c6ccc(OCc7ccnc(NSC)n7)cc6)cc5)C4)C3)cc2C1=O. The van der Waals surface area contributed by atoms with Gasteiger partial charge in [-0.25, -0.2) is 9.97 Å². The first-order valence-electron chi connectivity index (χ1n) is 22.1. The van der Waals surface area contributed by atoms with Gasteiger partial charge in [0.2, 0.25) is 11.9 Å². The number of carbonyl (C=O) groups is 4. The van der Waals surface area contributed by atoms with Crippen LogP contribution in [0.5, 0.6) is 5.75 Å². The van der Waals surface area contributed by atoms with Crippen molar-refractivity contribution in [3.8, 4) is 5.75 Å². The Kier molecular flexibility index (Phi) is 14.6. The molecule has 1 atom stereocenters. The molecular formula is C49H61N7O5S. The van der Waals surface area contributed by atoms with Crippen LogP contribution in [0, 0.1) is 5.41 Å². The van der Waals surface area contributed by atoms with Gasteiger partial charge < -0.3 is 24.6 Å². The molecule has 328 valence electrons. The third kappa shape index (κ3) is 10.3. The molecule has 0 aliphatic carbocycles. The lowest BCUT2D eigenvalue weighted by Crippen LogP contribution is -2.72. The summed E-state index contributed by atoms with van der Waals surface area (Å²) in [6.07, 6.45) is 14.6. The maximum Gasteiger partial charge on any atom is 0.262 e. The van der Waals surface area contributed by atoms with Crippen molar-refractivity contribution in [3.63, 3.8) is 0 Å². The summed E-state index contributed by atoms with van der Waals surface area (Å²) in [5.74, 6) is -0.00499. The van der Waals surface area contributed by atoms with Gasteiger partial charge in [-0.05, 0) is 85.3 Å². The summed E-state index contributed by atoms with van der Waals surface area (Å²) >= 11 is 1.46. The molecule has 62 heavy (non-hydrogen) atoms. The smallest absolute Gasteiger partial charge is 0.262 e. The van der Waals surface area contributed by atoms with Crippen molar-refractivity contribution in [2.45, 2.75) is 96.1 Å². The van der Waals surface area contributed by atoms with E-state index in [2.05, 4.69) is 80.1 Å². The summed E-state index contributed by atoms with van der Waals surface area (Å²) < 4.78 is 9.06. The average molecular weight is 860 g/mol. The normalized spacial score (nSPS) is 16.1. The number of unbranched alkanes of at least 4 members (excludes halogenated alkanes) is 6. The van der Waals surface area contributed by atoms with Crippen LogP contribution in [0.4, 0.5) is 11.6 Å². The predicted molar refractivity (Wildman–Crippen MR) is 246 cm³/mol. The number of likely N-dealkylation sites (tertiary alicyclic amines) is 1. The van der Waals surface area contributed by atoms with Crippen molar-refractivity contribution in [3.05, 3.63) is 113 Å². The van der Waals surface area contributed by atoms with Crippen molar-refractivity contribution in [2.24, 2.45) is 5.41 Å². The van der Waals surface area contributed by atoms with Gasteiger partial charge in [0.1, 0.15) is 24.7 Å². The molecule has 7 rings (SSSR count). The number of fused-ring (bicyclic) bond motifs is 1. The molecular weight excluding hydrogens is 799 g/mol. The van der Waals surface area contributed by atoms with Crippen LogP contribution < -0.4 is 19.7 Å². The molecule has 1 unspecified atom stereocenters. The molecule has 12 nitrogen and oxygen atoms in total. The van der Waals surface area contributed by atoms with Crippen LogP contribution in [0.25, 0.3) is 0 Å². The molecule has 0 radical (unpaired) electrons. The Balaban J connectivity index is 0.741. The van der Waals surface area contributed by atoms with Crippen molar-refractivity contribution >= 4 is 47.6 Å². The zero-order valence-corrected chi connectivity index (χ0v) is 37.5. The first-order valence-corrected chi connectivity index (χ1v) is 23.3. The number of likely N-dealkylation sites (N-methyl/N-ethyl adjacent to an activating group) is 1. The summed E-state index contributed by atoms with van der Waals surface area (Å²) in [6.45, 7) is 10.2. The Labute approximate surface area is 370 Å². The van der Waals surface area contributed by atoms with E-state index in [-0.39, 0.29) is 18.3 Å². The fourth-order valence-corrected chi connectivity index (χ4v) is 9.53. The number of imide groups is 1. The van der Waals surface area contributed by atoms with E-state index < -0.39 is 23.8 Å². The number of hydrogen-bond donors (Lipinski definition) is 2. The lowest BCUT2D eigenvalue weighted by atomic mass is 9.72. The highest BCUT2D eigenvalue weighted by molar-refractivity contribution is 7.99. The number of benzene rings is 3. The van der Waals surface area contributed by atoms with Crippen LogP contribution in [0.15, 0.2) is 79.0 Å². The second-order valence-corrected chi connectivity index (χ2v) is 18.3. The molecule has 3 aliphatic heterocycles. The second-order valence-electron chi connectivity index (χ2n) is 17.7. The summed E-state index contributed by atoms with van der Waals surface area (Å²) in [4.78, 5) is 64.6. The van der Waals surface area contributed by atoms with Crippen LogP contribution in [-0.4, -0.2) is 95.8 Å². The fourth-order valence-electron chi connectivity index (χ4n) is 9.25. The third-order valence-corrected chi connectivity index (χ3v) is 13.2. The number of ether oxygens (including phenoxy) is 1. The Morgan fingerprint density at radius 2 is 1.53 bits per heavy atom. The first kappa shape index (κ1) is 44.8. The number of hydrogen-bond acceptors (Lipinski definition) is 11. The van der Waals surface area contributed by atoms with Crippen molar-refractivity contribution < 1.29 is 23.9 Å². The van der Waals surface area contributed by atoms with Crippen LogP contribution in [-0.2, 0) is 28.0 Å². The summed E-state index contributed by atoms with van der Waals surface area (Å²) in [7, 11) is 1.46. The number of aromatic nitrogens is 2. The van der Waals surface area contributed by atoms with Crippen LogP contribution in [0.3, 0.4) is 0 Å². The Morgan fingerprint density at radius 3 is 2.21 bits per heavy atom. The lowest BCUT2D eigenvalue weighted by molar-refractivity contribution is -0.124. The molecule has 0 bridgehead atoms. The maximum absolute atomic E-state index is 13.3.